The zero-order valence-corrected chi connectivity index (χ0v) is 31.6. The Kier molecular flexibility index (Phi) is 9.02. The number of Topliss-reactive ketones (excluding diaryl/α,β-unsaturated/α-hetero) is 2. The summed E-state index contributed by atoms with van der Waals surface area (Å²) in [4.78, 5) is 62.4. The van der Waals surface area contributed by atoms with E-state index in [9.17, 15) is 23.9 Å². The van der Waals surface area contributed by atoms with Crippen LogP contribution in [0.1, 0.15) is 103 Å². The molecule has 1 aromatic rings. The van der Waals surface area contributed by atoms with Gasteiger partial charge in [0.25, 0.3) is 0 Å². The molecule has 0 amide bonds. The second kappa shape index (κ2) is 12.4. The Balaban J connectivity index is 1.65. The quantitative estimate of drug-likeness (QED) is 0.110. The second-order valence-corrected chi connectivity index (χ2v) is 16.7. The number of phosphoric ester groups is 1. The van der Waals surface area contributed by atoms with E-state index in [2.05, 4.69) is 6.08 Å². The van der Waals surface area contributed by atoms with E-state index < -0.39 is 53.8 Å². The van der Waals surface area contributed by atoms with Crippen molar-refractivity contribution >= 4 is 31.4 Å². The molecular weight excluding hydrogens is 675 g/mol. The molecule has 2 fully saturated rings. The van der Waals surface area contributed by atoms with Gasteiger partial charge in [0.2, 0.25) is 0 Å². The first kappa shape index (κ1) is 37.0. The predicted molar refractivity (Wildman–Crippen MR) is 190 cm³/mol. The molecule has 5 unspecified atom stereocenters. The van der Waals surface area contributed by atoms with Gasteiger partial charge in [-0.15, -0.1) is 0 Å². The molecule has 11 nitrogen and oxygen atoms in total. The minimum absolute atomic E-state index is 0.0243. The maximum atomic E-state index is 15.1. The fourth-order valence-electron chi connectivity index (χ4n) is 8.53. The van der Waals surface area contributed by atoms with Gasteiger partial charge in [-0.1, -0.05) is 35.5 Å². The molecule has 3 aliphatic heterocycles. The third kappa shape index (κ3) is 5.86. The molecule has 5 atom stereocenters. The maximum Gasteiger partial charge on any atom is 0.524 e. The van der Waals surface area contributed by atoms with E-state index in [0.29, 0.717) is 24.8 Å². The molecule has 1 saturated heterocycles. The second-order valence-electron chi connectivity index (χ2n) is 15.5. The lowest BCUT2D eigenvalue weighted by atomic mass is 9.51. The van der Waals surface area contributed by atoms with E-state index in [4.69, 9.17) is 23.5 Å². The molecule has 0 aromatic heterocycles. The Morgan fingerprint density at radius 2 is 1.71 bits per heavy atom. The number of ether oxygens (including phenoxy) is 4. The summed E-state index contributed by atoms with van der Waals surface area (Å²) >= 11 is 0. The number of ketones is 2. The highest BCUT2D eigenvalue weighted by Crippen LogP contribution is 2.69. The van der Waals surface area contributed by atoms with Crippen molar-refractivity contribution in [2.45, 2.75) is 110 Å². The zero-order valence-electron chi connectivity index (χ0n) is 30.7. The van der Waals surface area contributed by atoms with E-state index in [1.165, 1.54) is 7.11 Å². The summed E-state index contributed by atoms with van der Waals surface area (Å²) in [5.41, 5.74) is -2.00. The lowest BCUT2D eigenvalue weighted by Crippen LogP contribution is -2.72. The van der Waals surface area contributed by atoms with Gasteiger partial charge in [-0.25, -0.2) is 9.36 Å². The molecule has 0 radical (unpaired) electrons. The molecule has 3 aliphatic carbocycles. The van der Waals surface area contributed by atoms with Crippen molar-refractivity contribution < 1.29 is 52.2 Å². The average Bonchev–Trinajstić information content (AvgIpc) is 3.18. The summed E-state index contributed by atoms with van der Waals surface area (Å²) in [6.07, 6.45) is 12.6. The number of carbonyl (C=O) groups excluding carboxylic acids is 3. The fourth-order valence-corrected chi connectivity index (χ4v) is 8.95. The summed E-state index contributed by atoms with van der Waals surface area (Å²) in [7, 11) is -3.95. The van der Waals surface area contributed by atoms with Gasteiger partial charge in [-0.2, -0.15) is 0 Å². The topological polar surface area (TPSA) is 155 Å². The van der Waals surface area contributed by atoms with Gasteiger partial charge in [-0.3, -0.25) is 19.4 Å². The molecule has 6 aliphatic rings. The van der Waals surface area contributed by atoms with Gasteiger partial charge in [0.05, 0.1) is 18.3 Å². The van der Waals surface area contributed by atoms with Crippen molar-refractivity contribution in [2.24, 2.45) is 11.8 Å². The number of esters is 1. The molecule has 3 heterocycles. The number of phosphoric acid groups is 1. The number of methoxy groups -OCH3 is 1. The first-order chi connectivity index (χ1) is 23.7. The van der Waals surface area contributed by atoms with Crippen LogP contribution in [0.25, 0.3) is 6.08 Å². The Morgan fingerprint density at radius 1 is 1.02 bits per heavy atom. The summed E-state index contributed by atoms with van der Waals surface area (Å²) in [6.45, 7) is 15.1. The van der Waals surface area contributed by atoms with Crippen molar-refractivity contribution in [3.63, 3.8) is 0 Å². The molecule has 2 N–H and O–H groups in total. The number of carbonyl (C=O) groups is 3. The van der Waals surface area contributed by atoms with Crippen molar-refractivity contribution in [3.8, 4) is 17.2 Å². The van der Waals surface area contributed by atoms with Gasteiger partial charge >= 0.3 is 13.8 Å². The summed E-state index contributed by atoms with van der Waals surface area (Å²) in [5.74, 6) is -2.64. The largest absolute Gasteiger partial charge is 0.524 e. The highest BCUT2D eigenvalue weighted by molar-refractivity contribution is 7.46. The summed E-state index contributed by atoms with van der Waals surface area (Å²) in [6, 6.07) is 0. The Bertz CT molecular complexity index is 1930. The minimum Gasteiger partial charge on any atom is -0.482 e. The molecule has 1 spiro atoms. The average molecular weight is 723 g/mol. The van der Waals surface area contributed by atoms with Crippen LogP contribution in [0.15, 0.2) is 52.7 Å². The predicted octanol–water partition coefficient (Wildman–Crippen LogP) is 7.09. The lowest BCUT2D eigenvalue weighted by molar-refractivity contribution is -0.171. The monoisotopic (exact) mass is 722 g/mol. The number of fused-ring (bicyclic) bond motifs is 2. The maximum absolute atomic E-state index is 15.1. The zero-order chi connectivity index (χ0) is 37.5. The number of hydrogen-bond acceptors (Lipinski definition) is 9. The molecule has 12 heteroatoms. The lowest BCUT2D eigenvalue weighted by Gasteiger charge is -2.56. The van der Waals surface area contributed by atoms with Crippen LogP contribution in [0.2, 0.25) is 0 Å². The standard InChI is InChI=1S/C39H47O11P/c1-21(2)11-10-16-37(8)17-15-26-31(47-37)25(13-12-22(3)4)32-29(33(26)49-51(43,44)45)30(40)27-19-24-20-28-36(6,7)50-38(34(24)41,39(27,28)48-32)18-14-23(5)35(42)46-9/h11-12,14-15,17,19,24,28H,10,13,16,18,20H2,1-9H3,(H2,43,44,45)/b23-14-. The molecule has 1 aromatic carbocycles. The van der Waals surface area contributed by atoms with Crippen molar-refractivity contribution in [2.75, 3.05) is 7.11 Å². The molecule has 51 heavy (non-hydrogen) atoms. The third-order valence-electron chi connectivity index (χ3n) is 10.8. The van der Waals surface area contributed by atoms with Crippen LogP contribution >= 0.6 is 7.82 Å². The summed E-state index contributed by atoms with van der Waals surface area (Å²) < 4.78 is 43.6. The van der Waals surface area contributed by atoms with Crippen LogP contribution < -0.4 is 14.0 Å². The van der Waals surface area contributed by atoms with Crippen LogP contribution in [0, 0.1) is 11.8 Å². The van der Waals surface area contributed by atoms with Crippen LogP contribution in [0.5, 0.6) is 17.2 Å². The fraction of sp³-hybridized carbons (Fsp3) is 0.513. The van der Waals surface area contributed by atoms with E-state index in [1.54, 1.807) is 25.2 Å². The van der Waals surface area contributed by atoms with Crippen molar-refractivity contribution in [1.82, 2.24) is 0 Å². The van der Waals surface area contributed by atoms with E-state index in [1.807, 2.05) is 60.6 Å². The number of benzene rings is 1. The Hall–Kier alpha value is -3.76. The van der Waals surface area contributed by atoms with Gasteiger partial charge in [-0.05, 0) is 93.2 Å². The third-order valence-corrected chi connectivity index (χ3v) is 11.3. The van der Waals surface area contributed by atoms with Crippen LogP contribution in [-0.2, 0) is 30.0 Å². The highest BCUT2D eigenvalue weighted by Gasteiger charge is 2.81. The molecule has 7 rings (SSSR count). The van der Waals surface area contributed by atoms with Crippen molar-refractivity contribution in [1.29, 1.82) is 0 Å². The van der Waals surface area contributed by atoms with E-state index in [0.717, 1.165) is 11.1 Å². The highest BCUT2D eigenvalue weighted by atomic mass is 31.2. The van der Waals surface area contributed by atoms with E-state index in [-0.39, 0.29) is 58.1 Å². The summed E-state index contributed by atoms with van der Waals surface area (Å²) in [5, 5.41) is 0. The SMILES string of the molecule is COC(=O)/C(C)=C\CC12OC(C)(C)C3CC(C=C4C(=O)c5c(OP(=O)(O)O)c6c(c(CC=C(C)C)c5OC431)OC(C)(CCC=C(C)C)C=C6)C2=O. The normalized spacial score (nSPS) is 29.5. The molecule has 4 bridgehead atoms. The number of rotatable bonds is 10. The van der Waals surface area contributed by atoms with Gasteiger partial charge in [0.1, 0.15) is 22.7 Å². The first-order valence-corrected chi connectivity index (χ1v) is 18.8. The number of allylic oxidation sites excluding steroid dienone is 5. The van der Waals surface area contributed by atoms with Gasteiger partial charge < -0.3 is 23.5 Å². The Morgan fingerprint density at radius 3 is 2.33 bits per heavy atom. The van der Waals surface area contributed by atoms with Crippen LogP contribution in [-0.4, -0.2) is 56.8 Å². The minimum atomic E-state index is -5.22. The van der Waals surface area contributed by atoms with Gasteiger partial charge in [0, 0.05) is 35.0 Å². The smallest absolute Gasteiger partial charge is 0.482 e. The molecular formula is C39H47O11P. The van der Waals surface area contributed by atoms with Crippen molar-refractivity contribution in [3.05, 3.63) is 69.4 Å². The number of hydrogen-bond donors (Lipinski definition) is 2. The molecule has 274 valence electrons. The van der Waals surface area contributed by atoms with E-state index >= 15 is 4.79 Å². The first-order valence-electron chi connectivity index (χ1n) is 17.3. The van der Waals surface area contributed by atoms with Crippen LogP contribution in [0.3, 0.4) is 0 Å². The van der Waals surface area contributed by atoms with Crippen LogP contribution in [0.4, 0.5) is 0 Å². The Labute approximate surface area is 298 Å². The molecule has 1 saturated carbocycles. The van der Waals surface area contributed by atoms with Gasteiger partial charge in [0.15, 0.2) is 28.5 Å².